The summed E-state index contributed by atoms with van der Waals surface area (Å²) in [5.41, 5.74) is 0.123. The zero-order valence-electron chi connectivity index (χ0n) is 18.2. The Morgan fingerprint density at radius 2 is 1.69 bits per heavy atom. The minimum Gasteiger partial charge on any atom is -0.550 e. The molecule has 5 heteroatoms. The van der Waals surface area contributed by atoms with E-state index in [9.17, 15) is 25.2 Å². The Balaban J connectivity index is 1.59. The number of hydrogen-bond donors (Lipinski definition) is 3. The van der Waals surface area contributed by atoms with Gasteiger partial charge < -0.3 is 25.2 Å². The van der Waals surface area contributed by atoms with E-state index in [1.807, 2.05) is 0 Å². The highest BCUT2D eigenvalue weighted by Crippen LogP contribution is 2.68. The number of carbonyl (C=O) groups is 1. The van der Waals surface area contributed by atoms with Crippen molar-refractivity contribution in [2.24, 2.45) is 46.3 Å². The van der Waals surface area contributed by atoms with Crippen molar-refractivity contribution in [1.29, 1.82) is 0 Å². The lowest BCUT2D eigenvalue weighted by Gasteiger charge is -2.62. The fourth-order valence-corrected chi connectivity index (χ4v) is 8.81. The first-order valence-electron chi connectivity index (χ1n) is 11.8. The maximum atomic E-state index is 11.2. The molecule has 0 amide bonds. The van der Waals surface area contributed by atoms with Gasteiger partial charge in [0.15, 0.2) is 0 Å². The van der Waals surface area contributed by atoms with Crippen molar-refractivity contribution in [2.45, 2.75) is 96.9 Å². The Morgan fingerprint density at radius 3 is 2.38 bits per heavy atom. The Morgan fingerprint density at radius 1 is 1.00 bits per heavy atom. The molecule has 0 bridgehead atoms. The summed E-state index contributed by atoms with van der Waals surface area (Å²) in [4.78, 5) is 11.0. The van der Waals surface area contributed by atoms with E-state index in [1.165, 1.54) is 0 Å². The van der Waals surface area contributed by atoms with E-state index in [0.717, 1.165) is 44.9 Å². The van der Waals surface area contributed by atoms with Crippen molar-refractivity contribution in [3.8, 4) is 0 Å². The number of aliphatic hydroxyl groups excluding tert-OH is 3. The number of rotatable bonds is 4. The molecule has 0 spiro atoms. The maximum absolute atomic E-state index is 11.2. The highest BCUT2D eigenvalue weighted by Gasteiger charge is 2.64. The lowest BCUT2D eigenvalue weighted by molar-refractivity contribution is -0.306. The van der Waals surface area contributed by atoms with E-state index in [4.69, 9.17) is 0 Å². The molecule has 4 aliphatic rings. The average molecular weight is 408 g/mol. The van der Waals surface area contributed by atoms with Gasteiger partial charge in [-0.25, -0.2) is 0 Å². The molecule has 4 aliphatic carbocycles. The summed E-state index contributed by atoms with van der Waals surface area (Å²) in [6.45, 7) is 6.75. The number of carboxylic acid groups (broad SMARTS) is 1. The first-order valence-corrected chi connectivity index (χ1v) is 11.8. The third kappa shape index (κ3) is 3.36. The minimum atomic E-state index is -1.02. The third-order valence-electron chi connectivity index (χ3n) is 10.2. The number of fused-ring (bicyclic) bond motifs is 5. The molecule has 0 aromatic heterocycles. The van der Waals surface area contributed by atoms with Crippen molar-refractivity contribution < 1.29 is 25.2 Å². The molecule has 166 valence electrons. The molecule has 5 nitrogen and oxygen atoms in total. The average Bonchev–Trinajstić information content (AvgIpc) is 2.91. The Labute approximate surface area is 174 Å². The van der Waals surface area contributed by atoms with Gasteiger partial charge in [0.25, 0.3) is 0 Å². The van der Waals surface area contributed by atoms with Crippen molar-refractivity contribution >= 4 is 5.97 Å². The predicted molar refractivity (Wildman–Crippen MR) is 107 cm³/mol. The zero-order valence-corrected chi connectivity index (χ0v) is 18.2. The molecular weight excluding hydrogens is 368 g/mol. The van der Waals surface area contributed by atoms with Gasteiger partial charge in [-0.05, 0) is 104 Å². The van der Waals surface area contributed by atoms with Crippen LogP contribution in [0, 0.1) is 46.3 Å². The van der Waals surface area contributed by atoms with Crippen LogP contribution in [0.2, 0.25) is 0 Å². The monoisotopic (exact) mass is 407 g/mol. The molecule has 4 rings (SSSR count). The molecule has 4 saturated carbocycles. The largest absolute Gasteiger partial charge is 0.550 e. The predicted octanol–water partition coefficient (Wildman–Crippen LogP) is 2.11. The van der Waals surface area contributed by atoms with Crippen LogP contribution in [-0.4, -0.2) is 39.6 Å². The summed E-state index contributed by atoms with van der Waals surface area (Å²) in [6, 6.07) is 0. The van der Waals surface area contributed by atoms with E-state index in [2.05, 4.69) is 20.8 Å². The Hall–Kier alpha value is -0.650. The maximum Gasteiger partial charge on any atom is 0.0579 e. The zero-order chi connectivity index (χ0) is 21.1. The molecule has 0 saturated heterocycles. The van der Waals surface area contributed by atoms with Crippen LogP contribution in [0.3, 0.4) is 0 Å². The van der Waals surface area contributed by atoms with Gasteiger partial charge >= 0.3 is 0 Å². The van der Waals surface area contributed by atoms with Crippen LogP contribution in [-0.2, 0) is 4.79 Å². The lowest BCUT2D eigenvalue weighted by Crippen LogP contribution is -2.58. The third-order valence-corrected chi connectivity index (χ3v) is 10.2. The lowest BCUT2D eigenvalue weighted by atomic mass is 9.43. The standard InChI is InChI=1S/C24H40O5/c1-13(4-5-20(28)29)22-19(27)12-17-21-16(7-9-24(17,22)3)23(2)8-6-15(25)10-14(23)11-18(21)26/h13-19,21-22,25-27H,4-12H2,1-3H3,(H,28,29)/p-1/t13-,14+,15-,16+,17+,18-,19-,21-,22+,23?,24+/m1/s1. The Bertz CT molecular complexity index is 637. The molecule has 0 heterocycles. The van der Waals surface area contributed by atoms with E-state index in [1.54, 1.807) is 0 Å². The van der Waals surface area contributed by atoms with E-state index < -0.39 is 12.1 Å². The summed E-state index contributed by atoms with van der Waals surface area (Å²) < 4.78 is 0. The summed E-state index contributed by atoms with van der Waals surface area (Å²) in [6.07, 6.45) is 5.86. The Kier molecular flexibility index (Phi) is 5.57. The van der Waals surface area contributed by atoms with Gasteiger partial charge in [0.05, 0.1) is 18.3 Å². The van der Waals surface area contributed by atoms with Crippen LogP contribution in [0.25, 0.3) is 0 Å². The summed E-state index contributed by atoms with van der Waals surface area (Å²) in [5, 5.41) is 43.5. The molecular formula is C24H39O5-. The molecule has 4 fully saturated rings. The molecule has 0 radical (unpaired) electrons. The van der Waals surface area contributed by atoms with Crippen LogP contribution < -0.4 is 5.11 Å². The summed E-state index contributed by atoms with van der Waals surface area (Å²) >= 11 is 0. The molecule has 3 N–H and O–H groups in total. The SMILES string of the molecule is C[C@H](CCC(=O)[O-])[C@H]1[C@H](O)C[C@H]2[C@@H]3[C@H](O)C[C@@H]4C[C@H](O)CCC4(C)[C@H]3CC[C@]12C. The van der Waals surface area contributed by atoms with Crippen LogP contribution in [0.1, 0.15) is 78.6 Å². The van der Waals surface area contributed by atoms with Crippen molar-refractivity contribution in [3.63, 3.8) is 0 Å². The van der Waals surface area contributed by atoms with Crippen LogP contribution >= 0.6 is 0 Å². The number of aliphatic carboxylic acids is 1. The fraction of sp³-hybridized carbons (Fsp3) is 0.958. The molecule has 0 aromatic carbocycles. The first-order chi connectivity index (χ1) is 13.6. The van der Waals surface area contributed by atoms with Gasteiger partial charge in [-0.3, -0.25) is 0 Å². The van der Waals surface area contributed by atoms with E-state index in [0.29, 0.717) is 18.3 Å². The fourth-order valence-electron chi connectivity index (χ4n) is 8.81. The number of aliphatic hydroxyl groups is 3. The highest BCUT2D eigenvalue weighted by atomic mass is 16.4. The second-order valence-corrected chi connectivity index (χ2v) is 11.5. The van der Waals surface area contributed by atoms with Gasteiger partial charge in [0.2, 0.25) is 0 Å². The minimum absolute atomic E-state index is 0.0435. The quantitative estimate of drug-likeness (QED) is 0.663. The van der Waals surface area contributed by atoms with Gasteiger partial charge in [-0.15, -0.1) is 0 Å². The number of carboxylic acids is 1. The number of hydrogen-bond acceptors (Lipinski definition) is 5. The van der Waals surface area contributed by atoms with Crippen LogP contribution in [0.5, 0.6) is 0 Å². The van der Waals surface area contributed by atoms with Gasteiger partial charge in [-0.1, -0.05) is 20.8 Å². The second-order valence-electron chi connectivity index (χ2n) is 11.5. The molecule has 0 aromatic rings. The highest BCUT2D eigenvalue weighted by molar-refractivity contribution is 5.64. The smallest absolute Gasteiger partial charge is 0.0579 e. The normalized spacial score (nSPS) is 52.9. The van der Waals surface area contributed by atoms with E-state index >= 15 is 0 Å². The topological polar surface area (TPSA) is 101 Å². The molecule has 29 heavy (non-hydrogen) atoms. The first kappa shape index (κ1) is 21.6. The van der Waals surface area contributed by atoms with Crippen LogP contribution in [0.4, 0.5) is 0 Å². The second kappa shape index (κ2) is 7.49. The molecule has 0 aliphatic heterocycles. The molecule has 1 unspecified atom stereocenters. The van der Waals surface area contributed by atoms with Crippen LogP contribution in [0.15, 0.2) is 0 Å². The van der Waals surface area contributed by atoms with Gasteiger partial charge in [0, 0.05) is 5.97 Å². The van der Waals surface area contributed by atoms with Crippen molar-refractivity contribution in [1.82, 2.24) is 0 Å². The van der Waals surface area contributed by atoms with Crippen molar-refractivity contribution in [2.75, 3.05) is 0 Å². The summed E-state index contributed by atoms with van der Waals surface area (Å²) in [7, 11) is 0. The number of carbonyl (C=O) groups excluding carboxylic acids is 1. The van der Waals surface area contributed by atoms with Gasteiger partial charge in [0.1, 0.15) is 0 Å². The summed E-state index contributed by atoms with van der Waals surface area (Å²) in [5.74, 6) is 0.518. The molecule has 11 atom stereocenters. The van der Waals surface area contributed by atoms with E-state index in [-0.39, 0.29) is 53.1 Å². The van der Waals surface area contributed by atoms with Crippen molar-refractivity contribution in [3.05, 3.63) is 0 Å². The van der Waals surface area contributed by atoms with Gasteiger partial charge in [-0.2, -0.15) is 0 Å².